The number of carbonyl (C=O) groups excluding carboxylic acids is 1. The summed E-state index contributed by atoms with van der Waals surface area (Å²) in [6, 6.07) is 15.3. The van der Waals surface area contributed by atoms with Gasteiger partial charge in [0.25, 0.3) is 0 Å². The average molecular weight is 383 g/mol. The van der Waals surface area contributed by atoms with Crippen molar-refractivity contribution in [2.75, 3.05) is 19.6 Å². The second-order valence-corrected chi connectivity index (χ2v) is 8.26. The van der Waals surface area contributed by atoms with Crippen LogP contribution in [0.2, 0.25) is 5.02 Å². The topological polar surface area (TPSA) is 23.6 Å². The molecule has 0 saturated carbocycles. The monoisotopic (exact) mass is 382 g/mol. The molecule has 2 heterocycles. The molecule has 0 bridgehead atoms. The van der Waals surface area contributed by atoms with Crippen LogP contribution in [-0.4, -0.2) is 41.4 Å². The number of benzene rings is 2. The molecule has 1 fully saturated rings. The summed E-state index contributed by atoms with van der Waals surface area (Å²) < 4.78 is 0. The van der Waals surface area contributed by atoms with Gasteiger partial charge in [-0.25, -0.2) is 0 Å². The van der Waals surface area contributed by atoms with E-state index in [1.54, 1.807) is 0 Å². The van der Waals surface area contributed by atoms with Crippen molar-refractivity contribution >= 4 is 17.5 Å². The van der Waals surface area contributed by atoms with E-state index in [9.17, 15) is 4.79 Å². The van der Waals surface area contributed by atoms with E-state index in [1.807, 2.05) is 19.1 Å². The number of fused-ring (bicyclic) bond motifs is 1. The van der Waals surface area contributed by atoms with Crippen molar-refractivity contribution < 1.29 is 4.79 Å². The largest absolute Gasteiger partial charge is 0.341 e. The van der Waals surface area contributed by atoms with Crippen molar-refractivity contribution in [3.05, 3.63) is 69.7 Å². The molecule has 0 aromatic heterocycles. The Bertz CT molecular complexity index is 835. The van der Waals surface area contributed by atoms with Gasteiger partial charge in [-0.1, -0.05) is 48.0 Å². The van der Waals surface area contributed by atoms with Crippen molar-refractivity contribution in [3.63, 3.8) is 0 Å². The summed E-state index contributed by atoms with van der Waals surface area (Å²) in [7, 11) is 0. The molecule has 0 N–H and O–H groups in total. The van der Waals surface area contributed by atoms with Gasteiger partial charge in [-0.05, 0) is 54.5 Å². The highest BCUT2D eigenvalue weighted by Crippen LogP contribution is 2.25. The van der Waals surface area contributed by atoms with E-state index in [4.69, 9.17) is 11.6 Å². The van der Waals surface area contributed by atoms with Gasteiger partial charge in [0.15, 0.2) is 0 Å². The highest BCUT2D eigenvalue weighted by molar-refractivity contribution is 6.31. The Balaban J connectivity index is 1.30. The first-order valence-electron chi connectivity index (χ1n) is 9.94. The van der Waals surface area contributed by atoms with Gasteiger partial charge < -0.3 is 4.90 Å². The smallest absolute Gasteiger partial charge is 0.222 e. The molecule has 0 spiro atoms. The number of aryl methyl sites for hydroxylation is 2. The number of hydrogen-bond acceptors (Lipinski definition) is 2. The first-order chi connectivity index (χ1) is 13.1. The third-order valence-corrected chi connectivity index (χ3v) is 6.47. The van der Waals surface area contributed by atoms with Gasteiger partial charge >= 0.3 is 0 Å². The molecule has 1 saturated heterocycles. The predicted octanol–water partition coefficient (Wildman–Crippen LogP) is 4.24. The molecule has 2 aromatic rings. The Morgan fingerprint density at radius 2 is 1.96 bits per heavy atom. The van der Waals surface area contributed by atoms with Crippen LogP contribution in [0.3, 0.4) is 0 Å². The third-order valence-electron chi connectivity index (χ3n) is 6.04. The zero-order chi connectivity index (χ0) is 18.8. The molecule has 2 aliphatic rings. The molecule has 0 aliphatic carbocycles. The summed E-state index contributed by atoms with van der Waals surface area (Å²) in [5, 5.41) is 0.788. The number of halogens is 1. The van der Waals surface area contributed by atoms with Crippen LogP contribution in [-0.2, 0) is 24.2 Å². The molecule has 0 radical (unpaired) electrons. The summed E-state index contributed by atoms with van der Waals surface area (Å²) in [6.07, 6.45) is 3.58. The molecule has 1 unspecified atom stereocenters. The zero-order valence-electron chi connectivity index (χ0n) is 16.0. The van der Waals surface area contributed by atoms with E-state index in [0.717, 1.165) is 56.0 Å². The lowest BCUT2D eigenvalue weighted by molar-refractivity contribution is -0.130. The van der Waals surface area contributed by atoms with E-state index in [0.29, 0.717) is 12.5 Å². The molecule has 1 atom stereocenters. The SMILES string of the molecule is Cc1cc(CCC(=O)N2CCC(N3CCc4ccccc4C3)C2)ccc1Cl. The third kappa shape index (κ3) is 4.20. The van der Waals surface area contributed by atoms with Crippen molar-refractivity contribution in [1.82, 2.24) is 9.80 Å². The lowest BCUT2D eigenvalue weighted by Gasteiger charge is -2.33. The minimum absolute atomic E-state index is 0.280. The Labute approximate surface area is 166 Å². The van der Waals surface area contributed by atoms with E-state index in [1.165, 1.54) is 16.7 Å². The normalized spacial score (nSPS) is 19.9. The summed E-state index contributed by atoms with van der Waals surface area (Å²) in [4.78, 5) is 17.3. The Morgan fingerprint density at radius 3 is 2.78 bits per heavy atom. The van der Waals surface area contributed by atoms with Crippen LogP contribution in [0.1, 0.15) is 35.1 Å². The van der Waals surface area contributed by atoms with Crippen LogP contribution < -0.4 is 0 Å². The molecule has 3 nitrogen and oxygen atoms in total. The lowest BCUT2D eigenvalue weighted by Crippen LogP contribution is -2.41. The van der Waals surface area contributed by atoms with Gasteiger partial charge in [0.1, 0.15) is 0 Å². The molecule has 4 rings (SSSR count). The quantitative estimate of drug-likeness (QED) is 0.789. The van der Waals surface area contributed by atoms with Crippen molar-refractivity contribution in [2.45, 2.75) is 45.2 Å². The Hall–Kier alpha value is -1.84. The summed E-state index contributed by atoms with van der Waals surface area (Å²) in [5.74, 6) is 0.280. The lowest BCUT2D eigenvalue weighted by atomic mass is 9.98. The van der Waals surface area contributed by atoms with Crippen LogP contribution in [0.15, 0.2) is 42.5 Å². The molecule has 2 aromatic carbocycles. The second-order valence-electron chi connectivity index (χ2n) is 7.85. The number of hydrogen-bond donors (Lipinski definition) is 0. The molecule has 142 valence electrons. The van der Waals surface area contributed by atoms with Crippen LogP contribution in [0.5, 0.6) is 0 Å². The maximum absolute atomic E-state index is 12.7. The fourth-order valence-corrected chi connectivity index (χ4v) is 4.48. The first-order valence-corrected chi connectivity index (χ1v) is 10.3. The van der Waals surface area contributed by atoms with Crippen LogP contribution in [0.25, 0.3) is 0 Å². The Morgan fingerprint density at radius 1 is 1.15 bits per heavy atom. The average Bonchev–Trinajstić information content (AvgIpc) is 3.18. The number of rotatable bonds is 4. The molecule has 4 heteroatoms. The van der Waals surface area contributed by atoms with Gasteiger partial charge in [0, 0.05) is 43.7 Å². The van der Waals surface area contributed by atoms with E-state index in [2.05, 4.69) is 40.1 Å². The predicted molar refractivity (Wildman–Crippen MR) is 110 cm³/mol. The minimum Gasteiger partial charge on any atom is -0.341 e. The van der Waals surface area contributed by atoms with Gasteiger partial charge in [0.2, 0.25) is 5.91 Å². The molecular weight excluding hydrogens is 356 g/mol. The van der Waals surface area contributed by atoms with Crippen LogP contribution >= 0.6 is 11.6 Å². The maximum Gasteiger partial charge on any atom is 0.222 e. The van der Waals surface area contributed by atoms with Gasteiger partial charge in [-0.15, -0.1) is 0 Å². The van der Waals surface area contributed by atoms with E-state index >= 15 is 0 Å². The highest BCUT2D eigenvalue weighted by Gasteiger charge is 2.31. The van der Waals surface area contributed by atoms with Crippen LogP contribution in [0, 0.1) is 6.92 Å². The fourth-order valence-electron chi connectivity index (χ4n) is 4.37. The Kier molecular flexibility index (Phi) is 5.51. The fraction of sp³-hybridized carbons (Fsp3) is 0.435. The van der Waals surface area contributed by atoms with Gasteiger partial charge in [0.05, 0.1) is 0 Å². The van der Waals surface area contributed by atoms with Crippen molar-refractivity contribution in [2.24, 2.45) is 0 Å². The molecule has 2 aliphatic heterocycles. The number of carbonyl (C=O) groups is 1. The van der Waals surface area contributed by atoms with E-state index in [-0.39, 0.29) is 5.91 Å². The van der Waals surface area contributed by atoms with Crippen molar-refractivity contribution in [3.8, 4) is 0 Å². The standard InChI is InChI=1S/C23H27ClN2O/c1-17-14-18(6-8-22(17)24)7-9-23(27)26-13-11-21(16-26)25-12-10-19-4-2-3-5-20(19)15-25/h2-6,8,14,21H,7,9-13,15-16H2,1H3. The summed E-state index contributed by atoms with van der Waals surface area (Å²) in [5.41, 5.74) is 5.20. The zero-order valence-corrected chi connectivity index (χ0v) is 16.7. The van der Waals surface area contributed by atoms with Crippen LogP contribution in [0.4, 0.5) is 0 Å². The maximum atomic E-state index is 12.7. The first kappa shape index (κ1) is 18.5. The number of amides is 1. The summed E-state index contributed by atoms with van der Waals surface area (Å²) >= 11 is 6.09. The van der Waals surface area contributed by atoms with Gasteiger partial charge in [-0.2, -0.15) is 0 Å². The summed E-state index contributed by atoms with van der Waals surface area (Å²) in [6.45, 7) is 5.90. The number of likely N-dealkylation sites (tertiary alicyclic amines) is 1. The molecule has 27 heavy (non-hydrogen) atoms. The van der Waals surface area contributed by atoms with E-state index < -0.39 is 0 Å². The second kappa shape index (κ2) is 8.04. The highest BCUT2D eigenvalue weighted by atomic mass is 35.5. The number of nitrogens with zero attached hydrogens (tertiary/aromatic N) is 2. The minimum atomic E-state index is 0.280. The molecule has 1 amide bonds. The molecular formula is C23H27ClN2O. The van der Waals surface area contributed by atoms with Gasteiger partial charge in [-0.3, -0.25) is 9.69 Å². The van der Waals surface area contributed by atoms with Crippen molar-refractivity contribution in [1.29, 1.82) is 0 Å².